The zero-order chi connectivity index (χ0) is 20.1. The number of amides is 1. The molecule has 144 valence electrons. The predicted octanol–water partition coefficient (Wildman–Crippen LogP) is 3.53. The first-order valence-corrected chi connectivity index (χ1v) is 9.21. The van der Waals surface area contributed by atoms with E-state index in [0.717, 1.165) is 16.8 Å². The van der Waals surface area contributed by atoms with Crippen LogP contribution >= 0.6 is 0 Å². The van der Waals surface area contributed by atoms with Gasteiger partial charge in [-0.2, -0.15) is 5.10 Å². The summed E-state index contributed by atoms with van der Waals surface area (Å²) in [5.74, 6) is -0.914. The lowest BCUT2D eigenvalue weighted by Crippen LogP contribution is -2.35. The molecule has 0 radical (unpaired) electrons. The van der Waals surface area contributed by atoms with Crippen LogP contribution in [-0.4, -0.2) is 34.3 Å². The van der Waals surface area contributed by atoms with Crippen LogP contribution < -0.4 is 5.32 Å². The van der Waals surface area contributed by atoms with Gasteiger partial charge < -0.3 is 10.1 Å². The van der Waals surface area contributed by atoms with E-state index in [1.54, 1.807) is 17.8 Å². The maximum Gasteiger partial charge on any atom is 0.342 e. The summed E-state index contributed by atoms with van der Waals surface area (Å²) in [6, 6.07) is 17.2. The van der Waals surface area contributed by atoms with Gasteiger partial charge in [0.2, 0.25) is 0 Å². The van der Waals surface area contributed by atoms with Crippen molar-refractivity contribution in [2.24, 2.45) is 0 Å². The van der Waals surface area contributed by atoms with E-state index >= 15 is 0 Å². The molecule has 0 saturated heterocycles. The number of aryl methyl sites for hydroxylation is 1. The SMILES string of the molecule is CCNC(=O)[C@H](C)OC(=O)c1cn(-c2ccccc2)nc1-c1ccccc1C. The van der Waals surface area contributed by atoms with Crippen molar-refractivity contribution in [2.75, 3.05) is 6.54 Å². The quantitative estimate of drug-likeness (QED) is 0.667. The van der Waals surface area contributed by atoms with Crippen LogP contribution in [0.2, 0.25) is 0 Å². The van der Waals surface area contributed by atoms with Gasteiger partial charge in [-0.05, 0) is 38.5 Å². The van der Waals surface area contributed by atoms with Crippen molar-refractivity contribution in [2.45, 2.75) is 26.9 Å². The van der Waals surface area contributed by atoms with E-state index in [9.17, 15) is 9.59 Å². The van der Waals surface area contributed by atoms with E-state index in [1.807, 2.05) is 68.4 Å². The van der Waals surface area contributed by atoms with Crippen LogP contribution in [0.4, 0.5) is 0 Å². The molecule has 1 heterocycles. The van der Waals surface area contributed by atoms with Gasteiger partial charge in [0.25, 0.3) is 5.91 Å². The van der Waals surface area contributed by atoms with Crippen LogP contribution in [0.5, 0.6) is 0 Å². The number of likely N-dealkylation sites (N-methyl/N-ethyl adjacent to an activating group) is 1. The van der Waals surface area contributed by atoms with Gasteiger partial charge in [-0.15, -0.1) is 0 Å². The molecule has 1 atom stereocenters. The van der Waals surface area contributed by atoms with Gasteiger partial charge in [0, 0.05) is 18.3 Å². The molecule has 1 amide bonds. The highest BCUT2D eigenvalue weighted by atomic mass is 16.5. The molecule has 0 bridgehead atoms. The number of carbonyl (C=O) groups excluding carboxylic acids is 2. The maximum absolute atomic E-state index is 12.9. The maximum atomic E-state index is 12.9. The molecule has 28 heavy (non-hydrogen) atoms. The van der Waals surface area contributed by atoms with Crippen molar-refractivity contribution >= 4 is 11.9 Å². The van der Waals surface area contributed by atoms with E-state index in [0.29, 0.717) is 17.8 Å². The first-order valence-electron chi connectivity index (χ1n) is 9.21. The Kier molecular flexibility index (Phi) is 5.89. The number of benzene rings is 2. The van der Waals surface area contributed by atoms with Gasteiger partial charge in [0.15, 0.2) is 6.10 Å². The Hall–Kier alpha value is -3.41. The molecular weight excluding hydrogens is 354 g/mol. The minimum absolute atomic E-state index is 0.314. The van der Waals surface area contributed by atoms with Crippen LogP contribution in [-0.2, 0) is 9.53 Å². The molecule has 1 aromatic heterocycles. The van der Waals surface area contributed by atoms with Crippen molar-refractivity contribution in [3.05, 3.63) is 71.9 Å². The van der Waals surface area contributed by atoms with E-state index in [1.165, 1.54) is 0 Å². The van der Waals surface area contributed by atoms with Crippen molar-refractivity contribution in [1.82, 2.24) is 15.1 Å². The third-order valence-corrected chi connectivity index (χ3v) is 4.36. The van der Waals surface area contributed by atoms with E-state index in [-0.39, 0.29) is 5.91 Å². The number of aromatic nitrogens is 2. The molecule has 0 saturated carbocycles. The second-order valence-corrected chi connectivity index (χ2v) is 6.43. The summed E-state index contributed by atoms with van der Waals surface area (Å²) in [5, 5.41) is 7.29. The Morgan fingerprint density at radius 1 is 1.11 bits per heavy atom. The third-order valence-electron chi connectivity index (χ3n) is 4.36. The van der Waals surface area contributed by atoms with Gasteiger partial charge in [-0.25, -0.2) is 9.48 Å². The molecule has 0 aliphatic rings. The van der Waals surface area contributed by atoms with Crippen molar-refractivity contribution < 1.29 is 14.3 Å². The van der Waals surface area contributed by atoms with E-state index in [4.69, 9.17) is 4.74 Å². The number of para-hydroxylation sites is 1. The molecule has 0 spiro atoms. The highest BCUT2D eigenvalue weighted by molar-refractivity contribution is 5.98. The second kappa shape index (κ2) is 8.52. The lowest BCUT2D eigenvalue weighted by atomic mass is 10.0. The van der Waals surface area contributed by atoms with Crippen molar-refractivity contribution in [3.8, 4) is 16.9 Å². The summed E-state index contributed by atoms with van der Waals surface area (Å²) in [7, 11) is 0. The summed E-state index contributed by atoms with van der Waals surface area (Å²) in [5.41, 5.74) is 3.50. The van der Waals surface area contributed by atoms with Crippen molar-refractivity contribution in [3.63, 3.8) is 0 Å². The van der Waals surface area contributed by atoms with Crippen LogP contribution in [0.1, 0.15) is 29.8 Å². The van der Waals surface area contributed by atoms with Gasteiger partial charge in [0.1, 0.15) is 11.3 Å². The van der Waals surface area contributed by atoms with E-state index in [2.05, 4.69) is 10.4 Å². The molecule has 3 rings (SSSR count). The molecule has 0 unspecified atom stereocenters. The first kappa shape index (κ1) is 19.4. The van der Waals surface area contributed by atoms with Crippen LogP contribution in [0, 0.1) is 6.92 Å². The first-order chi connectivity index (χ1) is 13.5. The summed E-state index contributed by atoms with van der Waals surface area (Å²) in [6.07, 6.45) is 0.751. The van der Waals surface area contributed by atoms with Crippen molar-refractivity contribution in [1.29, 1.82) is 0 Å². The summed E-state index contributed by atoms with van der Waals surface area (Å²) < 4.78 is 7.05. The summed E-state index contributed by atoms with van der Waals surface area (Å²) in [6.45, 7) is 5.80. The van der Waals surface area contributed by atoms with Crippen LogP contribution in [0.25, 0.3) is 16.9 Å². The molecule has 1 N–H and O–H groups in total. The summed E-state index contributed by atoms with van der Waals surface area (Å²) in [4.78, 5) is 24.8. The Balaban J connectivity index is 2.01. The fraction of sp³-hybridized carbons (Fsp3) is 0.227. The Morgan fingerprint density at radius 2 is 1.79 bits per heavy atom. The van der Waals surface area contributed by atoms with E-state index < -0.39 is 12.1 Å². The number of hydrogen-bond acceptors (Lipinski definition) is 4. The average Bonchev–Trinajstić information content (AvgIpc) is 3.14. The number of esters is 1. The lowest BCUT2D eigenvalue weighted by molar-refractivity contribution is -0.128. The molecule has 0 fully saturated rings. The standard InChI is InChI=1S/C22H23N3O3/c1-4-23-21(26)16(3)28-22(27)19-14-25(17-11-6-5-7-12-17)24-20(19)18-13-9-8-10-15(18)2/h5-14,16H,4H2,1-3H3,(H,23,26)/t16-/m0/s1. The largest absolute Gasteiger partial charge is 0.449 e. The Labute approximate surface area is 164 Å². The fourth-order valence-corrected chi connectivity index (χ4v) is 2.87. The fourth-order valence-electron chi connectivity index (χ4n) is 2.87. The Morgan fingerprint density at radius 3 is 2.46 bits per heavy atom. The number of nitrogens with zero attached hydrogens (tertiary/aromatic N) is 2. The lowest BCUT2D eigenvalue weighted by Gasteiger charge is -2.12. The molecule has 6 nitrogen and oxygen atoms in total. The number of rotatable bonds is 6. The van der Waals surface area contributed by atoms with Crippen LogP contribution in [0.15, 0.2) is 60.8 Å². The van der Waals surface area contributed by atoms with Gasteiger partial charge in [0.05, 0.1) is 5.69 Å². The molecule has 6 heteroatoms. The second-order valence-electron chi connectivity index (χ2n) is 6.43. The zero-order valence-electron chi connectivity index (χ0n) is 16.2. The monoisotopic (exact) mass is 377 g/mol. The molecule has 3 aromatic rings. The molecule has 2 aromatic carbocycles. The average molecular weight is 377 g/mol. The highest BCUT2D eigenvalue weighted by Gasteiger charge is 2.24. The number of carbonyl (C=O) groups is 2. The highest BCUT2D eigenvalue weighted by Crippen LogP contribution is 2.27. The normalized spacial score (nSPS) is 11.7. The smallest absolute Gasteiger partial charge is 0.342 e. The third kappa shape index (κ3) is 4.11. The number of hydrogen-bond donors (Lipinski definition) is 1. The number of ether oxygens (including phenoxy) is 1. The molecule has 0 aliphatic carbocycles. The summed E-state index contributed by atoms with van der Waals surface area (Å²) >= 11 is 0. The minimum atomic E-state index is -0.891. The van der Waals surface area contributed by atoms with Crippen LogP contribution in [0.3, 0.4) is 0 Å². The zero-order valence-corrected chi connectivity index (χ0v) is 16.2. The van der Waals surface area contributed by atoms with Gasteiger partial charge in [-0.1, -0.05) is 42.5 Å². The van der Waals surface area contributed by atoms with Gasteiger partial charge in [-0.3, -0.25) is 4.79 Å². The Bertz CT molecular complexity index is 980. The van der Waals surface area contributed by atoms with Gasteiger partial charge >= 0.3 is 5.97 Å². The molecular formula is C22H23N3O3. The topological polar surface area (TPSA) is 73.2 Å². The predicted molar refractivity (Wildman–Crippen MR) is 107 cm³/mol. The minimum Gasteiger partial charge on any atom is -0.449 e. The molecule has 0 aliphatic heterocycles. The number of nitrogens with one attached hydrogen (secondary N) is 1.